The van der Waals surface area contributed by atoms with Gasteiger partial charge in [-0.15, -0.1) is 0 Å². The number of hydrogen-bond acceptors (Lipinski definition) is 1. The monoisotopic (exact) mass is 588 g/mol. The third-order valence-corrected chi connectivity index (χ3v) is 4.80. The van der Waals surface area contributed by atoms with E-state index in [4.69, 9.17) is 4.74 Å². The number of nitrogens with zero attached hydrogens (tertiary/aromatic N) is 1. The van der Waals surface area contributed by atoms with Gasteiger partial charge in [0, 0.05) is 12.8 Å². The van der Waals surface area contributed by atoms with Crippen molar-refractivity contribution in [1.82, 2.24) is 0 Å². The molecule has 0 saturated carbocycles. The number of nitrogens with one attached hydrogen (secondary N) is 1. The third-order valence-electron chi connectivity index (χ3n) is 3.20. The molecule has 0 aliphatic rings. The molecule has 0 aliphatic carbocycles. The average Bonchev–Trinajstić information content (AvgIpc) is 2.33. The highest BCUT2D eigenvalue weighted by Gasteiger charge is 2.12. The Hall–Kier alpha value is 0.980. The van der Waals surface area contributed by atoms with Crippen molar-refractivity contribution < 1.29 is 38.9 Å². The zero-order valence-electron chi connectivity index (χ0n) is 14.6. The van der Waals surface area contributed by atoms with E-state index >= 15 is 0 Å². The standard InChI is InChI=1S/C16H27I2N2O.2ClH/c1-19(2)8-6-10-21-16-14(17)11-13(12-15(16)18)7-9-20(3,4)5;;/h11-12H,6-10H2,1-5H3;2*1H/q+1;;/p-1. The lowest BCUT2D eigenvalue weighted by molar-refractivity contribution is -0.870. The first-order chi connectivity index (χ1) is 9.69. The molecule has 1 N–H and O–H groups in total. The maximum Gasteiger partial charge on any atom is 0.145 e. The fourth-order valence-corrected chi connectivity index (χ4v) is 4.17. The minimum absolute atomic E-state index is 0. The molecule has 0 atom stereocenters. The van der Waals surface area contributed by atoms with Gasteiger partial charge >= 0.3 is 0 Å². The highest BCUT2D eigenvalue weighted by Crippen LogP contribution is 2.29. The van der Waals surface area contributed by atoms with Crippen molar-refractivity contribution in [2.24, 2.45) is 0 Å². The van der Waals surface area contributed by atoms with E-state index in [-0.39, 0.29) is 24.8 Å². The lowest BCUT2D eigenvalue weighted by atomic mass is 10.1. The average molecular weight is 589 g/mol. The highest BCUT2D eigenvalue weighted by molar-refractivity contribution is 14.1. The van der Waals surface area contributed by atoms with Crippen LogP contribution < -0.4 is 34.5 Å². The fraction of sp³-hybridized carbons (Fsp3) is 0.625. The first-order valence-corrected chi connectivity index (χ1v) is 9.55. The Morgan fingerprint density at radius 3 is 2.00 bits per heavy atom. The molecule has 136 valence electrons. The summed E-state index contributed by atoms with van der Waals surface area (Å²) in [5.41, 5.74) is 1.40. The van der Waals surface area contributed by atoms with Gasteiger partial charge in [-0.25, -0.2) is 0 Å². The van der Waals surface area contributed by atoms with E-state index < -0.39 is 0 Å². The summed E-state index contributed by atoms with van der Waals surface area (Å²) in [4.78, 5) is 1.47. The minimum Gasteiger partial charge on any atom is -1.00 e. The molecule has 0 radical (unpaired) electrons. The topological polar surface area (TPSA) is 13.7 Å². The van der Waals surface area contributed by atoms with Crippen LogP contribution >= 0.6 is 45.2 Å². The maximum atomic E-state index is 5.99. The molecule has 0 unspecified atom stereocenters. The van der Waals surface area contributed by atoms with Crippen LogP contribution in [0.5, 0.6) is 5.75 Å². The van der Waals surface area contributed by atoms with E-state index in [0.717, 1.165) is 42.8 Å². The Morgan fingerprint density at radius 1 is 1.04 bits per heavy atom. The smallest absolute Gasteiger partial charge is 0.145 e. The van der Waals surface area contributed by atoms with Gasteiger partial charge in [-0.2, -0.15) is 0 Å². The zero-order valence-corrected chi connectivity index (χ0v) is 20.4. The molecule has 0 spiro atoms. The third kappa shape index (κ3) is 11.3. The molecule has 1 aromatic carbocycles. The molecule has 0 aliphatic heterocycles. The van der Waals surface area contributed by atoms with Crippen LogP contribution in [0.4, 0.5) is 0 Å². The van der Waals surface area contributed by atoms with Crippen LogP contribution in [0, 0.1) is 7.14 Å². The molecule has 0 fully saturated rings. The minimum atomic E-state index is 0. The molecule has 3 nitrogen and oxygen atoms in total. The van der Waals surface area contributed by atoms with Crippen molar-refractivity contribution in [3.05, 3.63) is 24.8 Å². The second kappa shape index (κ2) is 12.4. The summed E-state index contributed by atoms with van der Waals surface area (Å²) in [6, 6.07) is 4.54. The summed E-state index contributed by atoms with van der Waals surface area (Å²) >= 11 is 4.79. The number of rotatable bonds is 8. The van der Waals surface area contributed by atoms with Crippen LogP contribution in [0.15, 0.2) is 12.1 Å². The number of hydrogen-bond donors (Lipinski definition) is 1. The van der Waals surface area contributed by atoms with E-state index in [0.29, 0.717) is 0 Å². The van der Waals surface area contributed by atoms with Crippen LogP contribution in [0.1, 0.15) is 12.0 Å². The van der Waals surface area contributed by atoms with Gasteiger partial charge < -0.3 is 38.9 Å². The normalized spacial score (nSPS) is 11.0. The van der Waals surface area contributed by atoms with Crippen molar-refractivity contribution in [2.45, 2.75) is 12.8 Å². The van der Waals surface area contributed by atoms with Crippen LogP contribution in [-0.4, -0.2) is 59.4 Å². The number of quaternary nitrogens is 2. The lowest BCUT2D eigenvalue weighted by Gasteiger charge is -2.24. The van der Waals surface area contributed by atoms with E-state index in [2.05, 4.69) is 92.6 Å². The van der Waals surface area contributed by atoms with Gasteiger partial charge in [0.05, 0.1) is 62.1 Å². The fourth-order valence-electron chi connectivity index (χ4n) is 1.96. The first-order valence-electron chi connectivity index (χ1n) is 7.39. The molecular weight excluding hydrogens is 561 g/mol. The summed E-state index contributed by atoms with van der Waals surface area (Å²) in [6.45, 7) is 3.10. The van der Waals surface area contributed by atoms with Gasteiger partial charge in [0.25, 0.3) is 0 Å². The molecule has 0 heterocycles. The second-order valence-electron chi connectivity index (χ2n) is 6.81. The van der Waals surface area contributed by atoms with E-state index in [1.807, 2.05) is 0 Å². The lowest BCUT2D eigenvalue weighted by Crippen LogP contribution is -3.05. The molecule has 1 rings (SSSR count). The Bertz CT molecular complexity index is 443. The summed E-state index contributed by atoms with van der Waals surface area (Å²) in [5, 5.41) is 0. The van der Waals surface area contributed by atoms with Crippen LogP contribution in [0.3, 0.4) is 0 Å². The van der Waals surface area contributed by atoms with Gasteiger partial charge in [-0.05, 0) is 62.9 Å². The SMILES string of the molecule is C[NH+](C)CCCOc1c(I)cc(CC[N+](C)(C)C)cc1I.[Cl-].[Cl-]. The van der Waals surface area contributed by atoms with Crippen molar-refractivity contribution >= 4 is 45.2 Å². The summed E-state index contributed by atoms with van der Waals surface area (Å²) < 4.78 is 9.44. The van der Waals surface area contributed by atoms with Gasteiger partial charge in [-0.1, -0.05) is 0 Å². The van der Waals surface area contributed by atoms with Gasteiger partial charge in [0.1, 0.15) is 5.75 Å². The second-order valence-corrected chi connectivity index (χ2v) is 9.14. The number of benzene rings is 1. The largest absolute Gasteiger partial charge is 1.00 e. The zero-order chi connectivity index (χ0) is 16.0. The Kier molecular flexibility index (Phi) is 14.1. The maximum absolute atomic E-state index is 5.99. The van der Waals surface area contributed by atoms with E-state index in [1.54, 1.807) is 0 Å². The van der Waals surface area contributed by atoms with Crippen molar-refractivity contribution in [1.29, 1.82) is 0 Å². The van der Waals surface area contributed by atoms with Crippen molar-refractivity contribution in [2.75, 3.05) is 54.9 Å². The Morgan fingerprint density at radius 2 is 1.57 bits per heavy atom. The van der Waals surface area contributed by atoms with Crippen LogP contribution in [0.2, 0.25) is 0 Å². The molecule has 0 saturated heterocycles. The molecule has 1 aromatic rings. The number of likely N-dealkylation sites (N-methyl/N-ethyl adjacent to an activating group) is 1. The first kappa shape index (κ1) is 26.2. The molecule has 23 heavy (non-hydrogen) atoms. The Balaban J connectivity index is 0. The molecule has 0 bridgehead atoms. The van der Waals surface area contributed by atoms with Crippen molar-refractivity contribution in [3.63, 3.8) is 0 Å². The van der Waals surface area contributed by atoms with E-state index in [1.165, 1.54) is 17.6 Å². The van der Waals surface area contributed by atoms with Gasteiger partial charge in [0.15, 0.2) is 0 Å². The Labute approximate surface area is 181 Å². The highest BCUT2D eigenvalue weighted by atomic mass is 127. The summed E-state index contributed by atoms with van der Waals surface area (Å²) in [7, 11) is 11.1. The molecule has 7 heteroatoms. The molecule has 0 aromatic heterocycles. The molecular formula is C16H28Cl2I2N2O. The summed E-state index contributed by atoms with van der Waals surface area (Å²) in [5.74, 6) is 1.05. The van der Waals surface area contributed by atoms with Crippen LogP contribution in [-0.2, 0) is 6.42 Å². The van der Waals surface area contributed by atoms with E-state index in [9.17, 15) is 0 Å². The van der Waals surface area contributed by atoms with Gasteiger partial charge in [-0.3, -0.25) is 0 Å². The van der Waals surface area contributed by atoms with Gasteiger partial charge in [0.2, 0.25) is 0 Å². The number of ether oxygens (including phenoxy) is 1. The molecule has 0 amide bonds. The van der Waals surface area contributed by atoms with Crippen LogP contribution in [0.25, 0.3) is 0 Å². The van der Waals surface area contributed by atoms with Crippen molar-refractivity contribution in [3.8, 4) is 5.75 Å². The quantitative estimate of drug-likeness (QED) is 0.186. The number of halogens is 4. The summed E-state index contributed by atoms with van der Waals surface area (Å²) in [6.07, 6.45) is 2.21. The predicted octanol–water partition coefficient (Wildman–Crippen LogP) is -3.93. The predicted molar refractivity (Wildman–Crippen MR) is 106 cm³/mol.